The Bertz CT molecular complexity index is 469. The van der Waals surface area contributed by atoms with Gasteiger partial charge in [-0.25, -0.2) is 0 Å². The van der Waals surface area contributed by atoms with Crippen LogP contribution in [0.2, 0.25) is 0 Å². The molecule has 120 valence electrons. The molecule has 0 heterocycles. The normalized spacial score (nSPS) is 15.7. The molecule has 0 aliphatic rings. The highest BCUT2D eigenvalue weighted by Crippen LogP contribution is 2.29. The molecule has 1 aromatic carbocycles. The SMILES string of the molecule is Cc1cc(C(C)(C)C)ccc1OC(CO)C(N)C(C)(C)C. The van der Waals surface area contributed by atoms with Crippen molar-refractivity contribution >= 4 is 0 Å². The van der Waals surface area contributed by atoms with Gasteiger partial charge in [-0.3, -0.25) is 0 Å². The molecule has 3 N–H and O–H groups in total. The van der Waals surface area contributed by atoms with E-state index in [0.717, 1.165) is 11.3 Å². The highest BCUT2D eigenvalue weighted by molar-refractivity contribution is 5.39. The van der Waals surface area contributed by atoms with Crippen LogP contribution < -0.4 is 10.5 Å². The fourth-order valence-electron chi connectivity index (χ4n) is 2.19. The maximum atomic E-state index is 9.59. The van der Waals surface area contributed by atoms with Gasteiger partial charge in [-0.05, 0) is 34.9 Å². The molecule has 21 heavy (non-hydrogen) atoms. The molecule has 0 aliphatic heterocycles. The van der Waals surface area contributed by atoms with E-state index in [0.29, 0.717) is 0 Å². The van der Waals surface area contributed by atoms with E-state index >= 15 is 0 Å². The molecule has 0 amide bonds. The minimum atomic E-state index is -0.399. The highest BCUT2D eigenvalue weighted by atomic mass is 16.5. The van der Waals surface area contributed by atoms with Crippen LogP contribution in [0.15, 0.2) is 18.2 Å². The van der Waals surface area contributed by atoms with Crippen molar-refractivity contribution in [2.45, 2.75) is 66.0 Å². The average Bonchev–Trinajstić information content (AvgIpc) is 2.34. The van der Waals surface area contributed by atoms with Gasteiger partial charge in [0.15, 0.2) is 0 Å². The van der Waals surface area contributed by atoms with Crippen LogP contribution in [0.4, 0.5) is 0 Å². The van der Waals surface area contributed by atoms with Crippen LogP contribution >= 0.6 is 0 Å². The first-order valence-corrected chi connectivity index (χ1v) is 7.61. The first-order chi connectivity index (χ1) is 9.46. The summed E-state index contributed by atoms with van der Waals surface area (Å²) in [7, 11) is 0. The van der Waals surface area contributed by atoms with E-state index < -0.39 is 6.10 Å². The quantitative estimate of drug-likeness (QED) is 0.894. The Morgan fingerprint density at radius 3 is 2.10 bits per heavy atom. The van der Waals surface area contributed by atoms with Crippen LogP contribution in [0.3, 0.4) is 0 Å². The molecule has 2 unspecified atom stereocenters. The standard InChI is InChI=1S/C18H31NO2/c1-12-10-13(17(2,3)4)8-9-14(12)21-15(11-20)16(19)18(5,6)7/h8-10,15-16,20H,11,19H2,1-7H3. The maximum Gasteiger partial charge on any atom is 0.137 e. The number of aryl methyl sites for hydroxylation is 1. The number of rotatable bonds is 4. The van der Waals surface area contributed by atoms with Crippen molar-refractivity contribution in [3.8, 4) is 5.75 Å². The molecule has 0 fully saturated rings. The van der Waals surface area contributed by atoms with Crippen LogP contribution in [0.25, 0.3) is 0 Å². The molecule has 0 saturated carbocycles. The topological polar surface area (TPSA) is 55.5 Å². The van der Waals surface area contributed by atoms with Crippen LogP contribution in [0.1, 0.15) is 52.7 Å². The molecule has 3 heteroatoms. The smallest absolute Gasteiger partial charge is 0.137 e. The number of hydrogen-bond donors (Lipinski definition) is 2. The van der Waals surface area contributed by atoms with Gasteiger partial charge < -0.3 is 15.6 Å². The van der Waals surface area contributed by atoms with Gasteiger partial charge in [-0.15, -0.1) is 0 Å². The summed E-state index contributed by atoms with van der Waals surface area (Å²) in [6, 6.07) is 5.98. The van der Waals surface area contributed by atoms with Gasteiger partial charge in [0.05, 0.1) is 6.61 Å². The Kier molecular flexibility index (Phi) is 5.46. The molecule has 0 bridgehead atoms. The summed E-state index contributed by atoms with van der Waals surface area (Å²) >= 11 is 0. The summed E-state index contributed by atoms with van der Waals surface area (Å²) in [5.74, 6) is 0.793. The van der Waals surface area contributed by atoms with Crippen molar-refractivity contribution in [1.82, 2.24) is 0 Å². The molecule has 0 saturated heterocycles. The van der Waals surface area contributed by atoms with Crippen molar-refractivity contribution in [3.63, 3.8) is 0 Å². The molecule has 1 aromatic rings. The van der Waals surface area contributed by atoms with E-state index in [1.165, 1.54) is 5.56 Å². The lowest BCUT2D eigenvalue weighted by Gasteiger charge is -2.33. The average molecular weight is 293 g/mol. The third-order valence-corrected chi connectivity index (χ3v) is 3.90. The molecule has 0 aliphatic carbocycles. The Labute approximate surface area is 129 Å². The third kappa shape index (κ3) is 4.72. The fourth-order valence-corrected chi connectivity index (χ4v) is 2.19. The fraction of sp³-hybridized carbons (Fsp3) is 0.667. The molecule has 3 nitrogen and oxygen atoms in total. The number of benzene rings is 1. The minimum absolute atomic E-state index is 0.0844. The molecular formula is C18H31NO2. The molecule has 1 rings (SSSR count). The van der Waals surface area contributed by atoms with Gasteiger partial charge in [0, 0.05) is 6.04 Å². The Hall–Kier alpha value is -1.06. The van der Waals surface area contributed by atoms with E-state index in [2.05, 4.69) is 53.7 Å². The number of hydrogen-bond acceptors (Lipinski definition) is 3. The summed E-state index contributed by atoms with van der Waals surface area (Å²) in [6.07, 6.45) is -0.399. The van der Waals surface area contributed by atoms with Crippen LogP contribution in [0.5, 0.6) is 5.75 Å². The summed E-state index contributed by atoms with van der Waals surface area (Å²) in [5, 5.41) is 9.59. The zero-order valence-corrected chi connectivity index (χ0v) is 14.5. The Morgan fingerprint density at radius 2 is 1.71 bits per heavy atom. The number of aliphatic hydroxyl groups excluding tert-OH is 1. The van der Waals surface area contributed by atoms with E-state index in [1.54, 1.807) is 0 Å². The van der Waals surface area contributed by atoms with Gasteiger partial charge >= 0.3 is 0 Å². The molecule has 0 radical (unpaired) electrons. The molecule has 2 atom stereocenters. The Balaban J connectivity index is 2.97. The number of aliphatic hydroxyl groups is 1. The van der Waals surface area contributed by atoms with E-state index in [9.17, 15) is 5.11 Å². The summed E-state index contributed by atoms with van der Waals surface area (Å²) in [6.45, 7) is 14.7. The number of ether oxygens (including phenoxy) is 1. The van der Waals surface area contributed by atoms with Crippen molar-refractivity contribution < 1.29 is 9.84 Å². The second-order valence-corrected chi connectivity index (χ2v) is 7.96. The zero-order valence-electron chi connectivity index (χ0n) is 14.5. The van der Waals surface area contributed by atoms with Crippen molar-refractivity contribution in [2.24, 2.45) is 11.1 Å². The third-order valence-electron chi connectivity index (χ3n) is 3.90. The van der Waals surface area contributed by atoms with Crippen LogP contribution in [-0.4, -0.2) is 23.9 Å². The second-order valence-electron chi connectivity index (χ2n) is 7.96. The first-order valence-electron chi connectivity index (χ1n) is 7.61. The highest BCUT2D eigenvalue weighted by Gasteiger charge is 2.30. The zero-order chi connectivity index (χ0) is 16.4. The predicted molar refractivity (Wildman–Crippen MR) is 88.8 cm³/mol. The van der Waals surface area contributed by atoms with Gasteiger partial charge in [-0.2, -0.15) is 0 Å². The molecular weight excluding hydrogens is 262 g/mol. The van der Waals surface area contributed by atoms with Gasteiger partial charge in [-0.1, -0.05) is 53.7 Å². The predicted octanol–water partition coefficient (Wildman–Crippen LogP) is 3.41. The molecule has 0 spiro atoms. The van der Waals surface area contributed by atoms with Crippen LogP contribution in [0, 0.1) is 12.3 Å². The van der Waals surface area contributed by atoms with Gasteiger partial charge in [0.2, 0.25) is 0 Å². The van der Waals surface area contributed by atoms with Gasteiger partial charge in [0.1, 0.15) is 11.9 Å². The van der Waals surface area contributed by atoms with E-state index in [1.807, 2.05) is 13.0 Å². The second kappa shape index (κ2) is 6.37. The van der Waals surface area contributed by atoms with E-state index in [-0.39, 0.29) is 23.5 Å². The van der Waals surface area contributed by atoms with Crippen molar-refractivity contribution in [2.75, 3.05) is 6.61 Å². The minimum Gasteiger partial charge on any atom is -0.486 e. The van der Waals surface area contributed by atoms with Crippen molar-refractivity contribution in [1.29, 1.82) is 0 Å². The lowest BCUT2D eigenvalue weighted by molar-refractivity contribution is 0.0587. The largest absolute Gasteiger partial charge is 0.486 e. The lowest BCUT2D eigenvalue weighted by Crippen LogP contribution is -2.49. The van der Waals surface area contributed by atoms with Crippen LogP contribution in [-0.2, 0) is 5.41 Å². The molecule has 0 aromatic heterocycles. The maximum absolute atomic E-state index is 9.59. The van der Waals surface area contributed by atoms with Gasteiger partial charge in [0.25, 0.3) is 0 Å². The number of nitrogens with two attached hydrogens (primary N) is 1. The lowest BCUT2D eigenvalue weighted by atomic mass is 9.84. The Morgan fingerprint density at radius 1 is 1.14 bits per heavy atom. The summed E-state index contributed by atoms with van der Waals surface area (Å²) < 4.78 is 5.98. The summed E-state index contributed by atoms with van der Waals surface area (Å²) in [4.78, 5) is 0. The monoisotopic (exact) mass is 293 g/mol. The summed E-state index contributed by atoms with van der Waals surface area (Å²) in [5.41, 5.74) is 8.55. The first kappa shape index (κ1) is 18.0. The van der Waals surface area contributed by atoms with Crippen molar-refractivity contribution in [3.05, 3.63) is 29.3 Å². The van der Waals surface area contributed by atoms with E-state index in [4.69, 9.17) is 10.5 Å².